The third-order valence-corrected chi connectivity index (χ3v) is 5.68. The van der Waals surface area contributed by atoms with Crippen LogP contribution in [0.2, 0.25) is 5.02 Å². The van der Waals surface area contributed by atoms with E-state index in [-0.39, 0.29) is 22.2 Å². The van der Waals surface area contributed by atoms with Crippen molar-refractivity contribution in [3.05, 3.63) is 59.0 Å². The molecule has 0 spiro atoms. The second-order valence-corrected chi connectivity index (χ2v) is 9.92. The van der Waals surface area contributed by atoms with Crippen LogP contribution in [-0.2, 0) is 9.47 Å². The summed E-state index contributed by atoms with van der Waals surface area (Å²) in [5, 5.41) is 15.3. The number of carboxylic acid groups (broad SMARTS) is 1. The molecule has 1 aliphatic heterocycles. The maximum Gasteiger partial charge on any atom is 0.412 e. The van der Waals surface area contributed by atoms with Crippen molar-refractivity contribution in [1.29, 1.82) is 0 Å². The van der Waals surface area contributed by atoms with Gasteiger partial charge in [-0.3, -0.25) is 5.32 Å². The minimum Gasteiger partial charge on any atom is -0.478 e. The van der Waals surface area contributed by atoms with Crippen molar-refractivity contribution in [2.75, 3.05) is 41.8 Å². The first kappa shape index (κ1) is 27.1. The van der Waals surface area contributed by atoms with Crippen molar-refractivity contribution in [3.63, 3.8) is 0 Å². The summed E-state index contributed by atoms with van der Waals surface area (Å²) in [4.78, 5) is 35.3. The second kappa shape index (κ2) is 11.2. The van der Waals surface area contributed by atoms with E-state index in [4.69, 9.17) is 21.1 Å². The lowest BCUT2D eigenvalue weighted by atomic mass is 10.0. The molecule has 1 amide bonds. The van der Waals surface area contributed by atoms with Crippen molar-refractivity contribution < 1.29 is 28.6 Å². The number of morpholine rings is 1. The molecule has 1 saturated heterocycles. The van der Waals surface area contributed by atoms with E-state index in [9.17, 15) is 19.1 Å². The van der Waals surface area contributed by atoms with Crippen molar-refractivity contribution in [2.45, 2.75) is 26.4 Å². The number of carboxylic acids is 1. The van der Waals surface area contributed by atoms with Gasteiger partial charge < -0.3 is 24.8 Å². The highest BCUT2D eigenvalue weighted by molar-refractivity contribution is 6.31. The number of ether oxygens (including phenoxy) is 2. The minimum atomic E-state index is -1.17. The summed E-state index contributed by atoms with van der Waals surface area (Å²) in [5.74, 6) is -0.944. The molecule has 38 heavy (non-hydrogen) atoms. The van der Waals surface area contributed by atoms with E-state index in [1.807, 2.05) is 4.90 Å². The van der Waals surface area contributed by atoms with Crippen LogP contribution in [-0.4, -0.2) is 59.0 Å². The molecule has 10 nitrogen and oxygen atoms in total. The van der Waals surface area contributed by atoms with Crippen molar-refractivity contribution >= 4 is 46.8 Å². The number of carbonyl (C=O) groups excluding carboxylic acids is 1. The SMILES string of the molecule is CC(C)(C)OC(=O)Nc1cc(C(=O)O)cc(-c2cnc(Nc3ccc(F)c(Cl)c3)nc2N2CCOCC2)c1. The summed E-state index contributed by atoms with van der Waals surface area (Å²) in [5.41, 5.74) is 0.995. The number of anilines is 4. The molecular weight excluding hydrogens is 517 g/mol. The number of aromatic carboxylic acids is 1. The Morgan fingerprint density at radius 2 is 1.87 bits per heavy atom. The molecule has 2 aromatic carbocycles. The monoisotopic (exact) mass is 543 g/mol. The molecule has 0 atom stereocenters. The number of rotatable bonds is 6. The Kier molecular flexibility index (Phi) is 7.98. The Bertz CT molecular complexity index is 1360. The maximum absolute atomic E-state index is 13.6. The fraction of sp³-hybridized carbons (Fsp3) is 0.308. The molecule has 0 bridgehead atoms. The van der Waals surface area contributed by atoms with Crippen LogP contribution >= 0.6 is 11.6 Å². The first-order valence-electron chi connectivity index (χ1n) is 11.8. The van der Waals surface area contributed by atoms with Gasteiger partial charge in [0.25, 0.3) is 0 Å². The lowest BCUT2D eigenvalue weighted by Crippen LogP contribution is -2.37. The Labute approximate surface area is 223 Å². The van der Waals surface area contributed by atoms with Gasteiger partial charge in [-0.05, 0) is 62.7 Å². The summed E-state index contributed by atoms with van der Waals surface area (Å²) in [7, 11) is 0. The van der Waals surface area contributed by atoms with Crippen LogP contribution in [0.1, 0.15) is 31.1 Å². The van der Waals surface area contributed by atoms with Gasteiger partial charge in [-0.2, -0.15) is 4.98 Å². The van der Waals surface area contributed by atoms with Crippen LogP contribution in [0.25, 0.3) is 11.1 Å². The largest absolute Gasteiger partial charge is 0.478 e. The standard InChI is InChI=1S/C26H27ClFN5O5/c1-26(2,3)38-25(36)31-18-11-15(10-16(12-18)23(34)35)19-14-29-24(30-17-4-5-21(28)20(27)13-17)32-22(19)33-6-8-37-9-7-33/h4-5,10-14H,6-9H2,1-3H3,(H,31,36)(H,34,35)(H,29,30,32). The number of benzene rings is 2. The predicted molar refractivity (Wildman–Crippen MR) is 142 cm³/mol. The zero-order chi connectivity index (χ0) is 27.4. The van der Waals surface area contributed by atoms with E-state index in [1.165, 1.54) is 30.3 Å². The second-order valence-electron chi connectivity index (χ2n) is 9.52. The molecule has 3 N–H and O–H groups in total. The summed E-state index contributed by atoms with van der Waals surface area (Å²) >= 11 is 5.90. The molecule has 0 aliphatic carbocycles. The minimum absolute atomic E-state index is 0.0374. The van der Waals surface area contributed by atoms with E-state index in [1.54, 1.807) is 33.0 Å². The summed E-state index contributed by atoms with van der Waals surface area (Å²) in [6.45, 7) is 7.26. The van der Waals surface area contributed by atoms with Crippen LogP contribution in [0.4, 0.5) is 32.3 Å². The van der Waals surface area contributed by atoms with Crippen LogP contribution in [0.3, 0.4) is 0 Å². The first-order valence-corrected chi connectivity index (χ1v) is 12.2. The van der Waals surface area contributed by atoms with Gasteiger partial charge in [-0.25, -0.2) is 19.0 Å². The highest BCUT2D eigenvalue weighted by Crippen LogP contribution is 2.34. The van der Waals surface area contributed by atoms with Gasteiger partial charge in [0.1, 0.15) is 17.2 Å². The highest BCUT2D eigenvalue weighted by atomic mass is 35.5. The quantitative estimate of drug-likeness (QED) is 0.366. The van der Waals surface area contributed by atoms with Crippen LogP contribution in [0.5, 0.6) is 0 Å². The number of nitrogens with one attached hydrogen (secondary N) is 2. The molecule has 1 aliphatic rings. The number of hydrogen-bond donors (Lipinski definition) is 3. The van der Waals surface area contributed by atoms with Crippen molar-refractivity contribution in [1.82, 2.24) is 9.97 Å². The summed E-state index contributed by atoms with van der Waals surface area (Å²) in [6.07, 6.45) is 0.844. The lowest BCUT2D eigenvalue weighted by molar-refractivity contribution is 0.0632. The molecule has 3 aromatic rings. The molecule has 2 heterocycles. The van der Waals surface area contributed by atoms with Crippen LogP contribution in [0.15, 0.2) is 42.6 Å². The topological polar surface area (TPSA) is 126 Å². The van der Waals surface area contributed by atoms with Gasteiger partial charge >= 0.3 is 12.1 Å². The third kappa shape index (κ3) is 6.87. The van der Waals surface area contributed by atoms with Gasteiger partial charge in [0.2, 0.25) is 5.95 Å². The molecule has 1 aromatic heterocycles. The van der Waals surface area contributed by atoms with E-state index >= 15 is 0 Å². The van der Waals surface area contributed by atoms with E-state index in [0.29, 0.717) is 48.9 Å². The lowest BCUT2D eigenvalue weighted by Gasteiger charge is -2.29. The third-order valence-electron chi connectivity index (χ3n) is 5.39. The number of nitrogens with zero attached hydrogens (tertiary/aromatic N) is 3. The summed E-state index contributed by atoms with van der Waals surface area (Å²) in [6, 6.07) is 8.63. The molecule has 4 rings (SSSR count). The highest BCUT2D eigenvalue weighted by Gasteiger charge is 2.22. The molecule has 0 saturated carbocycles. The Hall–Kier alpha value is -3.96. The normalized spacial score (nSPS) is 13.7. The number of carbonyl (C=O) groups is 2. The Balaban J connectivity index is 1.74. The van der Waals surface area contributed by atoms with Gasteiger partial charge in [-0.15, -0.1) is 0 Å². The Morgan fingerprint density at radius 1 is 1.13 bits per heavy atom. The van der Waals surface area contributed by atoms with Crippen molar-refractivity contribution in [3.8, 4) is 11.1 Å². The fourth-order valence-corrected chi connectivity index (χ4v) is 3.94. The van der Waals surface area contributed by atoms with E-state index in [2.05, 4.69) is 20.6 Å². The number of aromatic nitrogens is 2. The molecular formula is C26H27ClFN5O5. The summed E-state index contributed by atoms with van der Waals surface area (Å²) < 4.78 is 24.4. The van der Waals surface area contributed by atoms with E-state index < -0.39 is 23.5 Å². The van der Waals surface area contributed by atoms with Crippen molar-refractivity contribution in [2.24, 2.45) is 0 Å². The average molecular weight is 544 g/mol. The first-order chi connectivity index (χ1) is 18.0. The zero-order valence-corrected chi connectivity index (χ0v) is 21.8. The average Bonchev–Trinajstić information content (AvgIpc) is 2.85. The smallest absolute Gasteiger partial charge is 0.412 e. The predicted octanol–water partition coefficient (Wildman–Crippen LogP) is 5.56. The maximum atomic E-state index is 13.6. The molecule has 0 radical (unpaired) electrons. The number of amides is 1. The number of hydrogen-bond acceptors (Lipinski definition) is 8. The molecule has 200 valence electrons. The molecule has 12 heteroatoms. The van der Waals surface area contributed by atoms with Gasteiger partial charge in [-0.1, -0.05) is 11.6 Å². The van der Waals surface area contributed by atoms with Crippen LogP contribution < -0.4 is 15.5 Å². The van der Waals surface area contributed by atoms with Gasteiger partial charge in [0.15, 0.2) is 0 Å². The number of halogens is 2. The molecule has 0 unspecified atom stereocenters. The van der Waals surface area contributed by atoms with Gasteiger partial charge in [0, 0.05) is 36.2 Å². The Morgan fingerprint density at radius 3 is 2.53 bits per heavy atom. The zero-order valence-electron chi connectivity index (χ0n) is 21.0. The van der Waals surface area contributed by atoms with Gasteiger partial charge in [0.05, 0.1) is 23.8 Å². The molecule has 1 fully saturated rings. The van der Waals surface area contributed by atoms with Crippen LogP contribution in [0, 0.1) is 5.82 Å². The van der Waals surface area contributed by atoms with E-state index in [0.717, 1.165) is 0 Å². The fourth-order valence-electron chi connectivity index (χ4n) is 3.76.